The molecule has 0 radical (unpaired) electrons. The number of allylic oxidation sites excluding steroid dienone is 1. The van der Waals surface area contributed by atoms with E-state index in [0.717, 1.165) is 31.0 Å². The number of hydrogen-bond donors (Lipinski definition) is 0. The van der Waals surface area contributed by atoms with Gasteiger partial charge >= 0.3 is 0 Å². The maximum Gasteiger partial charge on any atom is 0.264 e. The maximum atomic E-state index is 13.2. The van der Waals surface area contributed by atoms with Crippen LogP contribution < -0.4 is 5.11 Å². The van der Waals surface area contributed by atoms with Gasteiger partial charge in [-0.15, -0.1) is 0 Å². The average molecular weight is 468 g/mol. The number of carbonyl (C=O) groups is 2. The summed E-state index contributed by atoms with van der Waals surface area (Å²) in [5, 5.41) is 13.2. The normalized spacial score (nSPS) is 43.2. The predicted octanol–water partition coefficient (Wildman–Crippen LogP) is 1.96. The standard InChI is InChI=1S/C24H36O7S/c1-14(2)20-8-17-9-22(12-25)19-7-6-15(3)18(19)10-23(17,24(20,22)21(26)27)13-30-11-16(4)31-32(5,28)29/h8,12,14-19H,6-7,9-11,13H2,1-5H3,(H,26,27)/p-1. The van der Waals surface area contributed by atoms with E-state index in [-0.39, 0.29) is 36.9 Å². The second-order valence-corrected chi connectivity index (χ2v) is 12.7. The Hall–Kier alpha value is -1.25. The molecule has 8 unspecified atom stereocenters. The van der Waals surface area contributed by atoms with E-state index >= 15 is 0 Å². The van der Waals surface area contributed by atoms with Crippen molar-refractivity contribution in [2.24, 2.45) is 45.8 Å². The van der Waals surface area contributed by atoms with Crippen LogP contribution in [0.3, 0.4) is 0 Å². The minimum atomic E-state index is -3.62. The Morgan fingerprint density at radius 3 is 2.53 bits per heavy atom. The summed E-state index contributed by atoms with van der Waals surface area (Å²) >= 11 is 0. The first kappa shape index (κ1) is 23.9. The van der Waals surface area contributed by atoms with Crippen LogP contribution in [0.15, 0.2) is 11.6 Å². The molecule has 0 aromatic rings. The Labute approximate surface area is 191 Å². The van der Waals surface area contributed by atoms with Crippen LogP contribution in [-0.4, -0.2) is 46.2 Å². The first-order chi connectivity index (χ1) is 14.9. The number of ether oxygens (including phenoxy) is 1. The van der Waals surface area contributed by atoms with Gasteiger partial charge in [-0.3, -0.25) is 4.18 Å². The minimum Gasteiger partial charge on any atom is -0.549 e. The van der Waals surface area contributed by atoms with Crippen LogP contribution in [0.1, 0.15) is 53.4 Å². The number of hydrogen-bond acceptors (Lipinski definition) is 7. The Morgan fingerprint density at radius 1 is 1.28 bits per heavy atom. The third kappa shape index (κ3) is 2.94. The number of fused-ring (bicyclic) bond motifs is 2. The number of carboxylic acids is 1. The van der Waals surface area contributed by atoms with Gasteiger partial charge in [0.15, 0.2) is 0 Å². The molecule has 4 aliphatic carbocycles. The fourth-order valence-corrected chi connectivity index (χ4v) is 9.00. The molecule has 7 nitrogen and oxygen atoms in total. The van der Waals surface area contributed by atoms with Crippen molar-refractivity contribution in [3.63, 3.8) is 0 Å². The fraction of sp³-hybridized carbons (Fsp3) is 0.833. The van der Waals surface area contributed by atoms with Crippen molar-refractivity contribution >= 4 is 22.4 Å². The first-order valence-corrected chi connectivity index (χ1v) is 13.5. The number of carbonyl (C=O) groups excluding carboxylic acids is 2. The highest BCUT2D eigenvalue weighted by Crippen LogP contribution is 2.82. The average Bonchev–Trinajstić information content (AvgIpc) is 3.23. The van der Waals surface area contributed by atoms with Crippen molar-refractivity contribution in [2.45, 2.75) is 59.5 Å². The number of rotatable bonds is 9. The van der Waals surface area contributed by atoms with E-state index < -0.39 is 38.4 Å². The lowest BCUT2D eigenvalue weighted by Gasteiger charge is -2.61. The smallest absolute Gasteiger partial charge is 0.264 e. The molecule has 0 N–H and O–H groups in total. The number of aldehydes is 1. The summed E-state index contributed by atoms with van der Waals surface area (Å²) in [7, 11) is -3.62. The Balaban J connectivity index is 1.76. The highest BCUT2D eigenvalue weighted by atomic mass is 32.2. The quantitative estimate of drug-likeness (QED) is 0.290. The second kappa shape index (κ2) is 7.64. The van der Waals surface area contributed by atoms with Crippen molar-refractivity contribution in [1.82, 2.24) is 0 Å². The van der Waals surface area contributed by atoms with Gasteiger partial charge in [0.2, 0.25) is 0 Å². The van der Waals surface area contributed by atoms with Gasteiger partial charge in [0.05, 0.1) is 37.0 Å². The molecule has 3 saturated carbocycles. The van der Waals surface area contributed by atoms with Gasteiger partial charge in [-0.25, -0.2) is 0 Å². The number of carboxylic acid groups (broad SMARTS) is 1. The third-order valence-electron chi connectivity index (χ3n) is 9.16. The van der Waals surface area contributed by atoms with Crippen LogP contribution in [0.5, 0.6) is 0 Å². The summed E-state index contributed by atoms with van der Waals surface area (Å²) in [5.74, 6) is -0.532. The molecule has 180 valence electrons. The SMILES string of the molecule is CC(COCC12CC3C(C)CCC3C3(C=O)CC1C=C(C(C)C)C32C(=O)[O-])OS(C)(=O)=O. The molecular weight excluding hydrogens is 432 g/mol. The lowest BCUT2D eigenvalue weighted by molar-refractivity contribution is -0.332. The third-order valence-corrected chi connectivity index (χ3v) is 9.84. The summed E-state index contributed by atoms with van der Waals surface area (Å²) in [6.45, 7) is 7.95. The zero-order valence-corrected chi connectivity index (χ0v) is 20.4. The molecule has 0 aliphatic heterocycles. The summed E-state index contributed by atoms with van der Waals surface area (Å²) in [6.07, 6.45) is 6.42. The molecule has 0 heterocycles. The van der Waals surface area contributed by atoms with E-state index in [4.69, 9.17) is 8.92 Å². The summed E-state index contributed by atoms with van der Waals surface area (Å²) in [4.78, 5) is 26.1. The molecule has 32 heavy (non-hydrogen) atoms. The van der Waals surface area contributed by atoms with Gasteiger partial charge in [-0.05, 0) is 55.8 Å². The van der Waals surface area contributed by atoms with Crippen molar-refractivity contribution in [3.05, 3.63) is 11.6 Å². The van der Waals surface area contributed by atoms with Crippen LogP contribution >= 0.6 is 0 Å². The van der Waals surface area contributed by atoms with Gasteiger partial charge in [0.25, 0.3) is 10.1 Å². The van der Waals surface area contributed by atoms with E-state index in [1.807, 2.05) is 13.8 Å². The van der Waals surface area contributed by atoms with E-state index in [2.05, 4.69) is 13.0 Å². The molecule has 0 spiro atoms. The first-order valence-electron chi connectivity index (χ1n) is 11.7. The predicted molar refractivity (Wildman–Crippen MR) is 116 cm³/mol. The van der Waals surface area contributed by atoms with Crippen LogP contribution in [0.2, 0.25) is 0 Å². The van der Waals surface area contributed by atoms with E-state index in [1.165, 1.54) is 0 Å². The molecule has 3 fully saturated rings. The highest BCUT2D eigenvalue weighted by Gasteiger charge is 2.81. The zero-order valence-electron chi connectivity index (χ0n) is 19.6. The summed E-state index contributed by atoms with van der Waals surface area (Å²) < 4.78 is 33.9. The van der Waals surface area contributed by atoms with E-state index in [1.54, 1.807) is 6.92 Å². The van der Waals surface area contributed by atoms with Crippen molar-refractivity contribution < 1.29 is 32.0 Å². The molecule has 4 bridgehead atoms. The van der Waals surface area contributed by atoms with Crippen LogP contribution in [0, 0.1) is 45.8 Å². The van der Waals surface area contributed by atoms with Gasteiger partial charge in [0, 0.05) is 10.8 Å². The van der Waals surface area contributed by atoms with Crippen LogP contribution in [0.4, 0.5) is 0 Å². The van der Waals surface area contributed by atoms with E-state index in [9.17, 15) is 23.1 Å². The van der Waals surface area contributed by atoms with E-state index in [0.29, 0.717) is 18.8 Å². The Bertz CT molecular complexity index is 940. The van der Waals surface area contributed by atoms with Crippen molar-refractivity contribution in [3.8, 4) is 0 Å². The summed E-state index contributed by atoms with van der Waals surface area (Å²) in [6, 6.07) is 0. The van der Waals surface area contributed by atoms with Gasteiger partial charge in [0.1, 0.15) is 6.29 Å². The molecule has 8 heteroatoms. The molecular formula is C24H35O7S-. The topological polar surface area (TPSA) is 110 Å². The zero-order chi connectivity index (χ0) is 23.7. The van der Waals surface area contributed by atoms with Crippen LogP contribution in [0.25, 0.3) is 0 Å². The molecule has 0 amide bonds. The summed E-state index contributed by atoms with van der Waals surface area (Å²) in [5.41, 5.74) is -2.32. The Kier molecular flexibility index (Phi) is 5.70. The molecule has 4 rings (SSSR count). The van der Waals surface area contributed by atoms with Gasteiger partial charge in [-0.2, -0.15) is 8.42 Å². The molecule has 0 aromatic carbocycles. The van der Waals surface area contributed by atoms with Crippen LogP contribution in [-0.2, 0) is 28.6 Å². The minimum absolute atomic E-state index is 0.0272. The number of aliphatic carboxylic acids is 1. The lowest BCUT2D eigenvalue weighted by atomic mass is 9.43. The Morgan fingerprint density at radius 2 is 1.97 bits per heavy atom. The lowest BCUT2D eigenvalue weighted by Crippen LogP contribution is -2.66. The largest absolute Gasteiger partial charge is 0.549 e. The maximum absolute atomic E-state index is 13.2. The van der Waals surface area contributed by atoms with Crippen molar-refractivity contribution in [2.75, 3.05) is 19.5 Å². The van der Waals surface area contributed by atoms with Gasteiger partial charge < -0.3 is 19.4 Å². The molecule has 8 atom stereocenters. The molecule has 0 aromatic heterocycles. The fourth-order valence-electron chi connectivity index (χ4n) is 8.34. The monoisotopic (exact) mass is 467 g/mol. The highest BCUT2D eigenvalue weighted by molar-refractivity contribution is 7.86. The molecule has 4 aliphatic rings. The molecule has 0 saturated heterocycles. The van der Waals surface area contributed by atoms with Crippen molar-refractivity contribution in [1.29, 1.82) is 0 Å². The second-order valence-electron chi connectivity index (χ2n) is 11.1. The van der Waals surface area contributed by atoms with Gasteiger partial charge in [-0.1, -0.05) is 38.8 Å².